The largest absolute Gasteiger partial charge is 0.493 e. The summed E-state index contributed by atoms with van der Waals surface area (Å²) in [7, 11) is 6.60. The molecule has 2 N–H and O–H groups in total. The summed E-state index contributed by atoms with van der Waals surface area (Å²) in [5.74, 6) is 3.87. The van der Waals surface area contributed by atoms with Gasteiger partial charge in [-0.2, -0.15) is 11.8 Å². The Bertz CT molecular complexity index is 499. The molecule has 0 amide bonds. The molecule has 0 aliphatic rings. The standard InChI is InChI=1S/C17H29N3O3S/c1-18-17(19-8-6-7-9-24-5)20-12-13-10-14(21-2)16(23-4)15(11-13)22-3/h10-11H,6-9,12H2,1-5H3,(H2,18,19,20). The summed E-state index contributed by atoms with van der Waals surface area (Å²) in [4.78, 5) is 4.24. The van der Waals surface area contributed by atoms with Crippen molar-refractivity contribution < 1.29 is 14.2 Å². The highest BCUT2D eigenvalue weighted by molar-refractivity contribution is 7.98. The molecule has 0 bridgehead atoms. The summed E-state index contributed by atoms with van der Waals surface area (Å²) in [6.45, 7) is 1.52. The van der Waals surface area contributed by atoms with E-state index in [1.165, 1.54) is 12.2 Å². The zero-order chi connectivity index (χ0) is 17.8. The molecule has 0 aromatic heterocycles. The molecule has 1 aromatic rings. The number of ether oxygens (including phenoxy) is 3. The summed E-state index contributed by atoms with van der Waals surface area (Å²) >= 11 is 1.88. The first kappa shape index (κ1) is 20.3. The van der Waals surface area contributed by atoms with Gasteiger partial charge in [-0.05, 0) is 42.5 Å². The van der Waals surface area contributed by atoms with Crippen LogP contribution in [-0.4, -0.2) is 52.9 Å². The second-order valence-electron chi connectivity index (χ2n) is 5.09. The third kappa shape index (κ3) is 6.39. The van der Waals surface area contributed by atoms with E-state index in [2.05, 4.69) is 21.9 Å². The third-order valence-electron chi connectivity index (χ3n) is 3.48. The van der Waals surface area contributed by atoms with Crippen molar-refractivity contribution in [1.29, 1.82) is 0 Å². The van der Waals surface area contributed by atoms with Crippen LogP contribution in [0.5, 0.6) is 17.2 Å². The smallest absolute Gasteiger partial charge is 0.203 e. The van der Waals surface area contributed by atoms with Crippen molar-refractivity contribution in [3.63, 3.8) is 0 Å². The Kier molecular flexibility index (Phi) is 9.91. The van der Waals surface area contributed by atoms with Gasteiger partial charge in [-0.15, -0.1) is 0 Å². The Morgan fingerprint density at radius 1 is 1.04 bits per heavy atom. The first-order chi connectivity index (χ1) is 11.7. The first-order valence-corrected chi connectivity index (χ1v) is 9.31. The fourth-order valence-electron chi connectivity index (χ4n) is 2.22. The van der Waals surface area contributed by atoms with Gasteiger partial charge in [0.25, 0.3) is 0 Å². The summed E-state index contributed by atoms with van der Waals surface area (Å²) < 4.78 is 16.1. The number of guanidine groups is 1. The second-order valence-corrected chi connectivity index (χ2v) is 6.07. The van der Waals surface area contributed by atoms with Crippen LogP contribution < -0.4 is 24.8 Å². The van der Waals surface area contributed by atoms with E-state index >= 15 is 0 Å². The molecule has 0 spiro atoms. The van der Waals surface area contributed by atoms with Gasteiger partial charge >= 0.3 is 0 Å². The molecule has 0 aliphatic heterocycles. The molecule has 0 unspecified atom stereocenters. The van der Waals surface area contributed by atoms with Crippen LogP contribution in [0.2, 0.25) is 0 Å². The highest BCUT2D eigenvalue weighted by atomic mass is 32.2. The molecule has 1 aromatic carbocycles. The minimum Gasteiger partial charge on any atom is -0.493 e. The van der Waals surface area contributed by atoms with Crippen LogP contribution in [0.4, 0.5) is 0 Å². The lowest BCUT2D eigenvalue weighted by Crippen LogP contribution is -2.37. The monoisotopic (exact) mass is 355 g/mol. The molecule has 0 saturated carbocycles. The van der Waals surface area contributed by atoms with Crippen molar-refractivity contribution in [2.75, 3.05) is 46.9 Å². The predicted octanol–water partition coefficient (Wildman–Crippen LogP) is 2.52. The van der Waals surface area contributed by atoms with E-state index in [-0.39, 0.29) is 0 Å². The molecule has 0 radical (unpaired) electrons. The minimum absolute atomic E-state index is 0.597. The molecular formula is C17H29N3O3S. The third-order valence-corrected chi connectivity index (χ3v) is 4.17. The maximum atomic E-state index is 5.37. The van der Waals surface area contributed by atoms with Gasteiger partial charge in [0.1, 0.15) is 0 Å². The minimum atomic E-state index is 0.597. The van der Waals surface area contributed by atoms with E-state index in [1.54, 1.807) is 28.4 Å². The van der Waals surface area contributed by atoms with Gasteiger partial charge in [-0.25, -0.2) is 0 Å². The van der Waals surface area contributed by atoms with Crippen molar-refractivity contribution in [3.05, 3.63) is 17.7 Å². The number of aliphatic imine (C=N–C) groups is 1. The number of nitrogens with zero attached hydrogens (tertiary/aromatic N) is 1. The van der Waals surface area contributed by atoms with Crippen LogP contribution in [0.1, 0.15) is 18.4 Å². The van der Waals surface area contributed by atoms with Gasteiger partial charge in [0, 0.05) is 20.1 Å². The average molecular weight is 356 g/mol. The highest BCUT2D eigenvalue weighted by Crippen LogP contribution is 2.38. The number of hydrogen-bond donors (Lipinski definition) is 2. The van der Waals surface area contributed by atoms with Crippen molar-refractivity contribution in [2.45, 2.75) is 19.4 Å². The lowest BCUT2D eigenvalue weighted by atomic mass is 10.2. The Hall–Kier alpha value is -1.76. The lowest BCUT2D eigenvalue weighted by molar-refractivity contribution is 0.323. The molecule has 0 saturated heterocycles. The molecule has 0 aliphatic carbocycles. The highest BCUT2D eigenvalue weighted by Gasteiger charge is 2.13. The van der Waals surface area contributed by atoms with Crippen LogP contribution in [0.15, 0.2) is 17.1 Å². The van der Waals surface area contributed by atoms with Crippen LogP contribution in [0.3, 0.4) is 0 Å². The maximum Gasteiger partial charge on any atom is 0.203 e. The van der Waals surface area contributed by atoms with E-state index in [4.69, 9.17) is 14.2 Å². The average Bonchev–Trinajstić information content (AvgIpc) is 2.62. The fraction of sp³-hybridized carbons (Fsp3) is 0.588. The molecule has 24 heavy (non-hydrogen) atoms. The van der Waals surface area contributed by atoms with Gasteiger partial charge in [-0.3, -0.25) is 4.99 Å². The van der Waals surface area contributed by atoms with E-state index in [1.807, 2.05) is 23.9 Å². The number of methoxy groups -OCH3 is 3. The van der Waals surface area contributed by atoms with Crippen molar-refractivity contribution >= 4 is 17.7 Å². The van der Waals surface area contributed by atoms with E-state index < -0.39 is 0 Å². The Balaban J connectivity index is 2.61. The van der Waals surface area contributed by atoms with Gasteiger partial charge in [-0.1, -0.05) is 0 Å². The van der Waals surface area contributed by atoms with Gasteiger partial charge < -0.3 is 24.8 Å². The SMILES string of the molecule is CN=C(NCCCCSC)NCc1cc(OC)c(OC)c(OC)c1. The van der Waals surface area contributed by atoms with Crippen LogP contribution in [0.25, 0.3) is 0 Å². The number of rotatable bonds is 10. The van der Waals surface area contributed by atoms with E-state index in [0.29, 0.717) is 23.8 Å². The molecule has 0 atom stereocenters. The lowest BCUT2D eigenvalue weighted by Gasteiger charge is -2.16. The van der Waals surface area contributed by atoms with Crippen LogP contribution >= 0.6 is 11.8 Å². The van der Waals surface area contributed by atoms with Crippen molar-refractivity contribution in [2.24, 2.45) is 4.99 Å². The van der Waals surface area contributed by atoms with Gasteiger partial charge in [0.2, 0.25) is 5.75 Å². The van der Waals surface area contributed by atoms with Gasteiger partial charge in [0.05, 0.1) is 21.3 Å². The predicted molar refractivity (Wildman–Crippen MR) is 102 cm³/mol. The second kappa shape index (κ2) is 11.7. The van der Waals surface area contributed by atoms with Crippen molar-refractivity contribution in [3.8, 4) is 17.2 Å². The Morgan fingerprint density at radius 2 is 1.71 bits per heavy atom. The number of thioether (sulfide) groups is 1. The molecule has 1 rings (SSSR count). The topological polar surface area (TPSA) is 64.1 Å². The summed E-state index contributed by atoms with van der Waals surface area (Å²) in [5.41, 5.74) is 1.02. The van der Waals surface area contributed by atoms with Crippen LogP contribution in [-0.2, 0) is 6.54 Å². The summed E-state index contributed by atoms with van der Waals surface area (Å²) in [5, 5.41) is 6.62. The van der Waals surface area contributed by atoms with Crippen molar-refractivity contribution in [1.82, 2.24) is 10.6 Å². The summed E-state index contributed by atoms with van der Waals surface area (Å²) in [6.07, 6.45) is 4.47. The molecule has 6 nitrogen and oxygen atoms in total. The number of hydrogen-bond acceptors (Lipinski definition) is 5. The molecular weight excluding hydrogens is 326 g/mol. The maximum absolute atomic E-state index is 5.37. The van der Waals surface area contributed by atoms with Gasteiger partial charge in [0.15, 0.2) is 17.5 Å². The molecule has 7 heteroatoms. The summed E-state index contributed by atoms with van der Waals surface area (Å²) in [6, 6.07) is 3.86. The molecule has 136 valence electrons. The number of nitrogens with one attached hydrogen (secondary N) is 2. The molecule has 0 fully saturated rings. The zero-order valence-corrected chi connectivity index (χ0v) is 16.1. The van der Waals surface area contributed by atoms with Crippen LogP contribution in [0, 0.1) is 0 Å². The van der Waals surface area contributed by atoms with E-state index in [9.17, 15) is 0 Å². The number of benzene rings is 1. The fourth-order valence-corrected chi connectivity index (χ4v) is 2.71. The normalized spacial score (nSPS) is 11.1. The first-order valence-electron chi connectivity index (χ1n) is 7.92. The molecule has 0 heterocycles. The Labute approximate surface area is 149 Å². The quantitative estimate of drug-likeness (QED) is 0.382. The zero-order valence-electron chi connectivity index (χ0n) is 15.3. The Morgan fingerprint density at radius 3 is 2.21 bits per heavy atom. The van der Waals surface area contributed by atoms with E-state index in [0.717, 1.165) is 24.5 Å². The number of unbranched alkanes of at least 4 members (excludes halogenated alkanes) is 1.